The van der Waals surface area contributed by atoms with Crippen molar-refractivity contribution in [1.82, 2.24) is 0 Å². The lowest BCUT2D eigenvalue weighted by atomic mass is 9.97. The third kappa shape index (κ3) is 5.01. The average Bonchev–Trinajstić information content (AvgIpc) is 2.65. The molecular weight excluding hydrogens is 368 g/mol. The number of hydrogen-bond acceptors (Lipinski definition) is 8. The lowest BCUT2D eigenvalue weighted by Gasteiger charge is -2.47. The van der Waals surface area contributed by atoms with Crippen molar-refractivity contribution in [3.05, 3.63) is 30.3 Å². The van der Waals surface area contributed by atoms with Crippen LogP contribution in [0.1, 0.15) is 33.6 Å². The van der Waals surface area contributed by atoms with Gasteiger partial charge in [-0.25, -0.2) is 0 Å². The summed E-state index contributed by atoms with van der Waals surface area (Å²) in [5, 5.41) is 0. The van der Waals surface area contributed by atoms with Crippen LogP contribution in [0.15, 0.2) is 30.3 Å². The van der Waals surface area contributed by atoms with Gasteiger partial charge in [0.05, 0.1) is 6.61 Å². The fraction of sp³-hybridized carbons (Fsp3) is 0.600. The second kappa shape index (κ2) is 9.36. The Balaban J connectivity index is 1.86. The summed E-state index contributed by atoms with van der Waals surface area (Å²) in [5.41, 5.74) is 0. The largest absolute Gasteiger partial charge is 0.461 e. The lowest BCUT2D eigenvalue weighted by Crippen LogP contribution is -2.65. The molecule has 8 nitrogen and oxygen atoms in total. The van der Waals surface area contributed by atoms with E-state index < -0.39 is 48.9 Å². The first kappa shape index (κ1) is 20.6. The molecule has 0 spiro atoms. The van der Waals surface area contributed by atoms with Crippen LogP contribution in [-0.2, 0) is 33.3 Å². The predicted octanol–water partition coefficient (Wildman–Crippen LogP) is 2.20. The number of fused-ring (bicyclic) bond motifs is 1. The van der Waals surface area contributed by atoms with E-state index in [4.69, 9.17) is 28.4 Å². The zero-order chi connectivity index (χ0) is 20.1. The van der Waals surface area contributed by atoms with Gasteiger partial charge in [-0.15, -0.1) is 0 Å². The molecule has 2 aliphatic rings. The van der Waals surface area contributed by atoms with Gasteiger partial charge in [-0.2, -0.15) is 0 Å². The molecule has 2 heterocycles. The molecule has 1 aromatic rings. The van der Waals surface area contributed by atoms with E-state index in [1.54, 1.807) is 12.1 Å². The Bertz CT molecular complexity index is 663. The van der Waals surface area contributed by atoms with Gasteiger partial charge >= 0.3 is 11.9 Å². The zero-order valence-electron chi connectivity index (χ0n) is 16.2. The van der Waals surface area contributed by atoms with Gasteiger partial charge in [0.25, 0.3) is 0 Å². The Kier molecular flexibility index (Phi) is 6.88. The fourth-order valence-corrected chi connectivity index (χ4v) is 3.35. The van der Waals surface area contributed by atoms with Crippen molar-refractivity contribution in [3.63, 3.8) is 0 Å². The molecule has 0 aromatic heterocycles. The molecule has 154 valence electrons. The number of benzene rings is 1. The van der Waals surface area contributed by atoms with Crippen LogP contribution >= 0.6 is 0 Å². The van der Waals surface area contributed by atoms with Crippen molar-refractivity contribution in [1.29, 1.82) is 0 Å². The van der Waals surface area contributed by atoms with E-state index in [9.17, 15) is 9.59 Å². The first-order valence-corrected chi connectivity index (χ1v) is 9.46. The van der Waals surface area contributed by atoms with Crippen LogP contribution in [0.3, 0.4) is 0 Å². The smallest absolute Gasteiger partial charge is 0.303 e. The van der Waals surface area contributed by atoms with Gasteiger partial charge in [0.15, 0.2) is 12.4 Å². The number of ether oxygens (including phenoxy) is 6. The predicted molar refractivity (Wildman–Crippen MR) is 96.4 cm³/mol. The number of esters is 2. The third-order valence-electron chi connectivity index (χ3n) is 4.47. The highest BCUT2D eigenvalue weighted by Gasteiger charge is 2.54. The standard InChI is InChI=1S/C20H26O8/c1-4-8-16-23-11-15-17(28-16)18(24-12(2)21)19(25-13(3)22)20(27-15)26-14-9-6-5-7-10-14/h5-7,9-10,15-20H,4,8,11H2,1-3H3/t15-,16?,17-,18+,19-,20-/m1/s1. The molecule has 0 saturated carbocycles. The summed E-state index contributed by atoms with van der Waals surface area (Å²) >= 11 is 0. The van der Waals surface area contributed by atoms with Crippen LogP contribution in [-0.4, -0.2) is 55.5 Å². The number of rotatable bonds is 6. The Labute approximate surface area is 164 Å². The minimum Gasteiger partial charge on any atom is -0.461 e. The molecule has 1 unspecified atom stereocenters. The molecule has 2 aliphatic heterocycles. The summed E-state index contributed by atoms with van der Waals surface area (Å²) in [4.78, 5) is 23.5. The molecule has 3 rings (SSSR count). The summed E-state index contributed by atoms with van der Waals surface area (Å²) in [5.74, 6) is -0.516. The molecule has 0 bridgehead atoms. The van der Waals surface area contributed by atoms with Crippen molar-refractivity contribution < 1.29 is 38.0 Å². The average molecular weight is 394 g/mol. The molecule has 0 N–H and O–H groups in total. The van der Waals surface area contributed by atoms with Gasteiger partial charge in [-0.05, 0) is 18.6 Å². The summed E-state index contributed by atoms with van der Waals surface area (Å²) in [6.45, 7) is 4.85. The molecule has 0 amide bonds. The second-order valence-electron chi connectivity index (χ2n) is 6.77. The van der Waals surface area contributed by atoms with Crippen LogP contribution in [0.25, 0.3) is 0 Å². The zero-order valence-corrected chi connectivity index (χ0v) is 16.2. The van der Waals surface area contributed by atoms with E-state index in [-0.39, 0.29) is 6.61 Å². The second-order valence-corrected chi connectivity index (χ2v) is 6.77. The Morgan fingerprint density at radius 1 is 1.04 bits per heavy atom. The first-order chi connectivity index (χ1) is 13.5. The van der Waals surface area contributed by atoms with Gasteiger partial charge in [-0.1, -0.05) is 31.5 Å². The van der Waals surface area contributed by atoms with E-state index in [1.807, 2.05) is 25.1 Å². The van der Waals surface area contributed by atoms with Crippen LogP contribution in [0.5, 0.6) is 5.75 Å². The van der Waals surface area contributed by atoms with E-state index in [0.717, 1.165) is 6.42 Å². The summed E-state index contributed by atoms with van der Waals surface area (Å²) in [7, 11) is 0. The van der Waals surface area contributed by atoms with Crippen molar-refractivity contribution in [2.75, 3.05) is 6.61 Å². The Morgan fingerprint density at radius 3 is 2.36 bits per heavy atom. The van der Waals surface area contributed by atoms with Crippen LogP contribution in [0.4, 0.5) is 0 Å². The van der Waals surface area contributed by atoms with Gasteiger partial charge < -0.3 is 28.4 Å². The van der Waals surface area contributed by atoms with Crippen molar-refractivity contribution in [2.45, 2.75) is 70.6 Å². The maximum atomic E-state index is 11.8. The van der Waals surface area contributed by atoms with Gasteiger partial charge in [-0.3, -0.25) is 9.59 Å². The number of para-hydroxylation sites is 1. The first-order valence-electron chi connectivity index (χ1n) is 9.46. The highest BCUT2D eigenvalue weighted by atomic mass is 16.8. The third-order valence-corrected chi connectivity index (χ3v) is 4.47. The molecular formula is C20H26O8. The van der Waals surface area contributed by atoms with Crippen LogP contribution in [0.2, 0.25) is 0 Å². The number of carbonyl (C=O) groups is 2. The number of hydrogen-bond donors (Lipinski definition) is 0. The molecule has 2 fully saturated rings. The summed E-state index contributed by atoms with van der Waals surface area (Å²) in [6.07, 6.45) is -2.87. The van der Waals surface area contributed by atoms with Crippen molar-refractivity contribution in [2.24, 2.45) is 0 Å². The molecule has 0 radical (unpaired) electrons. The highest BCUT2D eigenvalue weighted by Crippen LogP contribution is 2.34. The van der Waals surface area contributed by atoms with Gasteiger partial charge in [0.2, 0.25) is 12.4 Å². The number of carbonyl (C=O) groups excluding carboxylic acids is 2. The minimum absolute atomic E-state index is 0.258. The topological polar surface area (TPSA) is 89.5 Å². The lowest BCUT2D eigenvalue weighted by molar-refractivity contribution is -0.349. The van der Waals surface area contributed by atoms with Crippen molar-refractivity contribution >= 4 is 11.9 Å². The van der Waals surface area contributed by atoms with Gasteiger partial charge in [0.1, 0.15) is 18.0 Å². The SMILES string of the molecule is CCCC1OC[C@H]2O[C@@H](Oc3ccccc3)[C@H](OC(C)=O)[C@@H](OC(C)=O)[C@@H]2O1. The van der Waals surface area contributed by atoms with E-state index >= 15 is 0 Å². The quantitative estimate of drug-likeness (QED) is 0.679. The minimum atomic E-state index is -0.983. The molecule has 0 aliphatic carbocycles. The molecule has 8 heteroatoms. The molecule has 28 heavy (non-hydrogen) atoms. The normalized spacial score (nSPS) is 32.1. The van der Waals surface area contributed by atoms with Crippen LogP contribution < -0.4 is 4.74 Å². The Morgan fingerprint density at radius 2 is 1.71 bits per heavy atom. The van der Waals surface area contributed by atoms with Crippen LogP contribution in [0, 0.1) is 0 Å². The Hall–Kier alpha value is -2.16. The van der Waals surface area contributed by atoms with Gasteiger partial charge in [0, 0.05) is 13.8 Å². The maximum absolute atomic E-state index is 11.8. The van der Waals surface area contributed by atoms with E-state index in [1.165, 1.54) is 13.8 Å². The monoisotopic (exact) mass is 394 g/mol. The molecule has 6 atom stereocenters. The fourth-order valence-electron chi connectivity index (χ4n) is 3.35. The molecule has 1 aromatic carbocycles. The van der Waals surface area contributed by atoms with Crippen molar-refractivity contribution in [3.8, 4) is 5.75 Å². The highest BCUT2D eigenvalue weighted by molar-refractivity contribution is 5.67. The molecule has 2 saturated heterocycles. The summed E-state index contributed by atoms with van der Waals surface area (Å²) in [6, 6.07) is 8.99. The summed E-state index contributed by atoms with van der Waals surface area (Å²) < 4.78 is 34.6. The van der Waals surface area contributed by atoms with E-state index in [2.05, 4.69) is 0 Å². The maximum Gasteiger partial charge on any atom is 0.303 e. The van der Waals surface area contributed by atoms with E-state index in [0.29, 0.717) is 12.2 Å².